The highest BCUT2D eigenvalue weighted by Gasteiger charge is 2.20. The van der Waals surface area contributed by atoms with Crippen LogP contribution in [0.15, 0.2) is 18.8 Å². The van der Waals surface area contributed by atoms with E-state index in [-0.39, 0.29) is 0 Å². The number of hydrogen-bond donors (Lipinski definition) is 1. The van der Waals surface area contributed by atoms with Crippen molar-refractivity contribution in [2.24, 2.45) is 7.05 Å². The molecule has 0 aromatic carbocycles. The van der Waals surface area contributed by atoms with Crippen LogP contribution in [0.1, 0.15) is 29.2 Å². The highest BCUT2D eigenvalue weighted by atomic mass is 79.9. The molecule has 0 aliphatic carbocycles. The van der Waals surface area contributed by atoms with E-state index < -0.39 is 0 Å². The number of halogens is 3. The Bertz CT molecular complexity index is 587. The Morgan fingerprint density at radius 2 is 2.10 bits per heavy atom. The molecule has 0 spiro atoms. The molecular weight excluding hydrogens is 470 g/mol. The van der Waals surface area contributed by atoms with Crippen molar-refractivity contribution >= 4 is 59.1 Å². The van der Waals surface area contributed by atoms with Crippen molar-refractivity contribution < 1.29 is 0 Å². The highest BCUT2D eigenvalue weighted by Crippen LogP contribution is 2.37. The predicted octanol–water partition coefficient (Wildman–Crippen LogP) is 4.97. The third kappa shape index (κ3) is 3.55. The van der Waals surface area contributed by atoms with Crippen molar-refractivity contribution in [3.63, 3.8) is 0 Å². The number of rotatable bonds is 5. The molecule has 7 heteroatoms. The molecule has 0 fully saturated rings. The van der Waals surface area contributed by atoms with E-state index in [9.17, 15) is 0 Å². The van der Waals surface area contributed by atoms with Crippen LogP contribution in [0, 0.1) is 6.92 Å². The number of likely N-dealkylation sites (N-methyl/N-ethyl adjacent to an activating group) is 1. The number of hydrogen-bond acceptors (Lipinski definition) is 3. The summed E-state index contributed by atoms with van der Waals surface area (Å²) in [6.45, 7) is 5.09. The first-order chi connectivity index (χ1) is 9.43. The van der Waals surface area contributed by atoms with Crippen LogP contribution in [0.3, 0.4) is 0 Å². The number of nitrogens with one attached hydrogen (secondary N) is 1. The monoisotopic (exact) mass is 483 g/mol. The van der Waals surface area contributed by atoms with Gasteiger partial charge >= 0.3 is 0 Å². The molecule has 0 aliphatic rings. The number of nitrogens with zero attached hydrogens (tertiary/aromatic N) is 2. The Kier molecular flexibility index (Phi) is 5.88. The van der Waals surface area contributed by atoms with Gasteiger partial charge in [0, 0.05) is 28.9 Å². The van der Waals surface area contributed by atoms with Gasteiger partial charge in [-0.3, -0.25) is 4.68 Å². The second-order valence-electron chi connectivity index (χ2n) is 4.55. The van der Waals surface area contributed by atoms with Gasteiger partial charge in [0.05, 0.1) is 19.6 Å². The Morgan fingerprint density at radius 3 is 2.55 bits per heavy atom. The van der Waals surface area contributed by atoms with E-state index in [1.807, 2.05) is 18.7 Å². The van der Waals surface area contributed by atoms with Crippen LogP contribution in [0.2, 0.25) is 0 Å². The second-order valence-corrected chi connectivity index (χ2v) is 8.60. The van der Waals surface area contributed by atoms with E-state index in [0.717, 1.165) is 31.4 Å². The van der Waals surface area contributed by atoms with Gasteiger partial charge in [-0.2, -0.15) is 5.10 Å². The van der Waals surface area contributed by atoms with Gasteiger partial charge in [-0.15, -0.1) is 11.3 Å². The molecule has 2 aromatic rings. The Morgan fingerprint density at radius 1 is 1.40 bits per heavy atom. The quantitative estimate of drug-likeness (QED) is 0.648. The SMILES string of the molecule is CCNC(Cc1c(Br)c(C)nn1C)c1cc(Br)c(Br)s1. The van der Waals surface area contributed by atoms with E-state index in [1.54, 1.807) is 11.3 Å². The summed E-state index contributed by atoms with van der Waals surface area (Å²) in [6.07, 6.45) is 0.908. The van der Waals surface area contributed by atoms with Crippen LogP contribution < -0.4 is 5.32 Å². The van der Waals surface area contributed by atoms with Gasteiger partial charge < -0.3 is 5.32 Å². The largest absolute Gasteiger partial charge is 0.309 e. The number of aromatic nitrogens is 2. The fraction of sp³-hybridized carbons (Fsp3) is 0.462. The van der Waals surface area contributed by atoms with Crippen molar-refractivity contribution in [2.75, 3.05) is 6.54 Å². The van der Waals surface area contributed by atoms with E-state index in [4.69, 9.17) is 0 Å². The molecule has 20 heavy (non-hydrogen) atoms. The van der Waals surface area contributed by atoms with Gasteiger partial charge in [-0.25, -0.2) is 0 Å². The van der Waals surface area contributed by atoms with Crippen molar-refractivity contribution in [2.45, 2.75) is 26.3 Å². The maximum Gasteiger partial charge on any atom is 0.0843 e. The summed E-state index contributed by atoms with van der Waals surface area (Å²) in [5.41, 5.74) is 2.25. The normalized spacial score (nSPS) is 12.9. The summed E-state index contributed by atoms with van der Waals surface area (Å²) < 4.78 is 5.32. The zero-order valence-corrected chi connectivity index (χ0v) is 17.1. The van der Waals surface area contributed by atoms with Gasteiger partial charge in [-0.1, -0.05) is 6.92 Å². The topological polar surface area (TPSA) is 29.9 Å². The molecule has 2 heterocycles. The lowest BCUT2D eigenvalue weighted by molar-refractivity contribution is 0.535. The summed E-state index contributed by atoms with van der Waals surface area (Å²) in [5, 5.41) is 8.03. The molecule has 0 radical (unpaired) electrons. The van der Waals surface area contributed by atoms with Crippen molar-refractivity contribution in [1.29, 1.82) is 0 Å². The van der Waals surface area contributed by atoms with Crippen LogP contribution in [-0.4, -0.2) is 16.3 Å². The Labute approximate surface area is 148 Å². The fourth-order valence-electron chi connectivity index (χ4n) is 2.15. The van der Waals surface area contributed by atoms with E-state index in [1.165, 1.54) is 10.6 Å². The predicted molar refractivity (Wildman–Crippen MR) is 95.5 cm³/mol. The van der Waals surface area contributed by atoms with E-state index in [2.05, 4.69) is 71.2 Å². The smallest absolute Gasteiger partial charge is 0.0843 e. The molecule has 2 aromatic heterocycles. The Hall–Kier alpha value is 0.310. The van der Waals surface area contributed by atoms with Gasteiger partial charge in [0.25, 0.3) is 0 Å². The molecule has 1 unspecified atom stereocenters. The minimum atomic E-state index is 0.290. The minimum absolute atomic E-state index is 0.290. The first-order valence-corrected chi connectivity index (χ1v) is 9.49. The molecule has 110 valence electrons. The van der Waals surface area contributed by atoms with Crippen molar-refractivity contribution in [3.05, 3.63) is 35.1 Å². The van der Waals surface area contributed by atoms with E-state index in [0.29, 0.717) is 6.04 Å². The van der Waals surface area contributed by atoms with Crippen LogP contribution in [-0.2, 0) is 13.5 Å². The van der Waals surface area contributed by atoms with Gasteiger partial charge in [0.1, 0.15) is 0 Å². The molecule has 0 amide bonds. The van der Waals surface area contributed by atoms with Crippen molar-refractivity contribution in [1.82, 2.24) is 15.1 Å². The fourth-order valence-corrected chi connectivity index (χ4v) is 4.81. The standard InChI is InChI=1S/C13H16Br3N3S/c1-4-17-9(11-5-8(14)13(16)20-11)6-10-12(15)7(2)18-19(10)3/h5,9,17H,4,6H2,1-3H3. The first-order valence-electron chi connectivity index (χ1n) is 6.30. The summed E-state index contributed by atoms with van der Waals surface area (Å²) >= 11 is 12.5. The molecular formula is C13H16Br3N3S. The lowest BCUT2D eigenvalue weighted by Gasteiger charge is -2.16. The molecule has 1 atom stereocenters. The van der Waals surface area contributed by atoms with Gasteiger partial charge in [-0.05, 0) is 67.3 Å². The summed E-state index contributed by atoms with van der Waals surface area (Å²) in [6, 6.07) is 2.47. The summed E-state index contributed by atoms with van der Waals surface area (Å²) in [5.74, 6) is 0. The van der Waals surface area contributed by atoms with Crippen LogP contribution in [0.25, 0.3) is 0 Å². The average molecular weight is 486 g/mol. The average Bonchev–Trinajstić information content (AvgIpc) is 2.83. The van der Waals surface area contributed by atoms with Crippen LogP contribution in [0.5, 0.6) is 0 Å². The van der Waals surface area contributed by atoms with Crippen molar-refractivity contribution in [3.8, 4) is 0 Å². The molecule has 1 N–H and O–H groups in total. The number of aryl methyl sites for hydroxylation is 2. The Balaban J connectivity index is 2.30. The molecule has 0 saturated carbocycles. The van der Waals surface area contributed by atoms with Gasteiger partial charge in [0.2, 0.25) is 0 Å². The minimum Gasteiger partial charge on any atom is -0.309 e. The molecule has 3 nitrogen and oxygen atoms in total. The second kappa shape index (κ2) is 7.05. The van der Waals surface area contributed by atoms with Crippen LogP contribution >= 0.6 is 59.1 Å². The third-order valence-electron chi connectivity index (χ3n) is 3.12. The maximum atomic E-state index is 4.47. The highest BCUT2D eigenvalue weighted by molar-refractivity contribution is 9.13. The van der Waals surface area contributed by atoms with Gasteiger partial charge in [0.15, 0.2) is 0 Å². The van der Waals surface area contributed by atoms with E-state index >= 15 is 0 Å². The number of thiophene rings is 1. The van der Waals surface area contributed by atoms with Crippen LogP contribution in [0.4, 0.5) is 0 Å². The molecule has 0 bridgehead atoms. The zero-order chi connectivity index (χ0) is 14.9. The molecule has 2 rings (SSSR count). The first kappa shape index (κ1) is 16.7. The lowest BCUT2D eigenvalue weighted by Crippen LogP contribution is -2.23. The molecule has 0 saturated heterocycles. The summed E-state index contributed by atoms with van der Waals surface area (Å²) in [7, 11) is 2.00. The maximum absolute atomic E-state index is 4.47. The zero-order valence-electron chi connectivity index (χ0n) is 11.5. The third-order valence-corrected chi connectivity index (χ3v) is 7.52. The summed E-state index contributed by atoms with van der Waals surface area (Å²) in [4.78, 5) is 1.32. The lowest BCUT2D eigenvalue weighted by atomic mass is 10.1. The molecule has 0 aliphatic heterocycles.